The molecule has 3 aliphatic heterocycles. The molecule has 0 spiro atoms. The Hall–Kier alpha value is -3.72. The summed E-state index contributed by atoms with van der Waals surface area (Å²) in [5.74, 6) is -6.10. The van der Waals surface area contributed by atoms with Crippen molar-refractivity contribution in [3.8, 4) is 0 Å². The van der Waals surface area contributed by atoms with Crippen LogP contribution in [0.4, 0.5) is 18.9 Å². The van der Waals surface area contributed by atoms with Gasteiger partial charge in [-0.05, 0) is 91.6 Å². The minimum atomic E-state index is -4.98. The lowest BCUT2D eigenvalue weighted by atomic mass is 9.77. The molecular weight excluding hydrogens is 823 g/mol. The molecule has 62 heavy (non-hydrogen) atoms. The molecule has 0 radical (unpaired) electrons. The number of nitrogens with zero attached hydrogens (tertiary/aromatic N) is 3. The van der Waals surface area contributed by atoms with Gasteiger partial charge in [0.15, 0.2) is 12.4 Å². The van der Waals surface area contributed by atoms with Crippen molar-refractivity contribution < 1.29 is 71.1 Å². The lowest BCUT2D eigenvalue weighted by Crippen LogP contribution is -2.60. The first-order valence-electron chi connectivity index (χ1n) is 21.0. The topological polar surface area (TPSA) is 197 Å². The van der Waals surface area contributed by atoms with Crippen LogP contribution in [-0.2, 0) is 44.2 Å². The fraction of sp³-hybridized carbons (Fsp3) is 0.744. The number of carbonyl (C=O) groups is 3. The lowest BCUT2D eigenvalue weighted by molar-refractivity contribution is -0.385. The molecule has 3 aliphatic rings. The summed E-state index contributed by atoms with van der Waals surface area (Å²) >= 11 is 0. The standard InChI is InChI=1S/C43H64F3N3O13/c1-13-33-42(10,54)37-27(7)48(20-23(3)21-57-37)19-22(2)18-41(9,53)36(62-40-35(59-28(8)50)32(47(11)12)16-24(4)58-40)25(5)34(26(6)38(51)60-33)61-39(52)30-15-14-29(43(44,45)46)17-31(30)49(55)56/h14-15,17,22,24-27,32-37,40,53-54H,3,13,16,18-21H2,1-2,4-12H3/t22-,24-,25+,26-,27-,32+,33-,34?,35-,36-,37+,40+,41-,42-/m1/s1. The monoisotopic (exact) mass is 887 g/mol. The number of benzene rings is 1. The van der Waals surface area contributed by atoms with Crippen molar-refractivity contribution in [1.82, 2.24) is 9.80 Å². The van der Waals surface area contributed by atoms with Gasteiger partial charge in [0.1, 0.15) is 29.5 Å². The fourth-order valence-corrected chi connectivity index (χ4v) is 9.36. The van der Waals surface area contributed by atoms with Gasteiger partial charge in [0.05, 0.1) is 46.9 Å². The molecule has 2 unspecified atom stereocenters. The van der Waals surface area contributed by atoms with Crippen LogP contribution in [-0.4, -0.2) is 143 Å². The van der Waals surface area contributed by atoms with Gasteiger partial charge in [-0.1, -0.05) is 27.4 Å². The van der Waals surface area contributed by atoms with Gasteiger partial charge in [-0.15, -0.1) is 0 Å². The summed E-state index contributed by atoms with van der Waals surface area (Å²) in [7, 11) is 3.58. The van der Waals surface area contributed by atoms with Gasteiger partial charge in [-0.3, -0.25) is 24.6 Å². The molecule has 2 bridgehead atoms. The maximum absolute atomic E-state index is 14.4. The highest BCUT2D eigenvalue weighted by atomic mass is 19.4. The SMILES string of the molecule is C=C1CO[C@H]2[C@@H](C)N(C1)C[C@H](C)C[C@@](C)(O)[C@H](O[C@@H]1O[C@H](C)C[C@H](N(C)C)[C@H]1OC(C)=O)[C@@H](C)C(OC(=O)c1ccc(C(F)(F)F)cc1[N+](=O)[O-])[C@@H](C)C(=O)O[C@H](CC)[C@@]2(C)O. The van der Waals surface area contributed by atoms with E-state index in [-0.39, 0.29) is 31.4 Å². The van der Waals surface area contributed by atoms with Crippen LogP contribution >= 0.6 is 0 Å². The first kappa shape index (κ1) is 50.9. The molecule has 15 atom stereocenters. The number of hydrogen-bond acceptors (Lipinski definition) is 15. The predicted octanol–water partition coefficient (Wildman–Crippen LogP) is 5.30. The molecule has 3 fully saturated rings. The molecule has 4 rings (SSSR count). The van der Waals surface area contributed by atoms with Crippen molar-refractivity contribution in [2.75, 3.05) is 33.8 Å². The van der Waals surface area contributed by atoms with Crippen molar-refractivity contribution in [3.63, 3.8) is 0 Å². The third-order valence-electron chi connectivity index (χ3n) is 12.4. The minimum absolute atomic E-state index is 0.0126. The number of ether oxygens (including phenoxy) is 6. The minimum Gasteiger partial charge on any atom is -0.459 e. The van der Waals surface area contributed by atoms with E-state index in [2.05, 4.69) is 11.5 Å². The Bertz CT molecular complexity index is 1790. The Kier molecular flexibility index (Phi) is 16.4. The number of nitro benzene ring substituents is 1. The molecule has 1 aromatic carbocycles. The molecule has 0 amide bonds. The summed E-state index contributed by atoms with van der Waals surface area (Å²) in [4.78, 5) is 55.9. The number of likely N-dealkylation sites (N-methyl/N-ethyl adjacent to an activating group) is 1. The highest BCUT2D eigenvalue weighted by molar-refractivity contribution is 5.94. The summed E-state index contributed by atoms with van der Waals surface area (Å²) < 4.78 is 78.0. The van der Waals surface area contributed by atoms with E-state index in [4.69, 9.17) is 28.4 Å². The zero-order chi connectivity index (χ0) is 46.8. The molecule has 1 aromatic rings. The number of hydrogen-bond donors (Lipinski definition) is 2. The van der Waals surface area contributed by atoms with E-state index in [9.17, 15) is 47.9 Å². The Labute approximate surface area is 361 Å². The molecular formula is C43H64F3N3O13. The Morgan fingerprint density at radius 3 is 2.31 bits per heavy atom. The van der Waals surface area contributed by atoms with Crippen LogP contribution in [0.1, 0.15) is 97.5 Å². The zero-order valence-electron chi connectivity index (χ0n) is 37.5. The summed E-state index contributed by atoms with van der Waals surface area (Å²) in [6.45, 7) is 19.4. The van der Waals surface area contributed by atoms with E-state index in [1.807, 2.05) is 18.7 Å². The number of cyclic esters (lactones) is 1. The van der Waals surface area contributed by atoms with Crippen molar-refractivity contribution in [3.05, 3.63) is 51.6 Å². The number of fused-ring (bicyclic) bond motifs is 2. The zero-order valence-corrected chi connectivity index (χ0v) is 37.5. The second-order valence-electron chi connectivity index (χ2n) is 18.1. The van der Waals surface area contributed by atoms with E-state index in [1.54, 1.807) is 27.9 Å². The first-order chi connectivity index (χ1) is 28.6. The van der Waals surface area contributed by atoms with Crippen LogP contribution in [0, 0.1) is 27.9 Å². The van der Waals surface area contributed by atoms with Crippen LogP contribution in [0.5, 0.6) is 0 Å². The second kappa shape index (κ2) is 20.0. The molecule has 16 nitrogen and oxygen atoms in total. The predicted molar refractivity (Wildman–Crippen MR) is 218 cm³/mol. The molecule has 2 N–H and O–H groups in total. The van der Waals surface area contributed by atoms with Gasteiger partial charge >= 0.3 is 24.1 Å². The first-order valence-corrected chi connectivity index (χ1v) is 21.0. The summed E-state index contributed by atoms with van der Waals surface area (Å²) in [6.07, 6.45) is -12.4. The number of alkyl halides is 3. The number of aliphatic hydroxyl groups is 2. The van der Waals surface area contributed by atoms with Gasteiger partial charge in [0.25, 0.3) is 5.69 Å². The number of nitro groups is 1. The van der Waals surface area contributed by atoms with Gasteiger partial charge < -0.3 is 43.5 Å². The maximum atomic E-state index is 14.4. The molecule has 3 saturated heterocycles. The van der Waals surface area contributed by atoms with Crippen LogP contribution in [0.3, 0.4) is 0 Å². The molecule has 0 aliphatic carbocycles. The molecule has 3 heterocycles. The molecule has 0 aromatic heterocycles. The molecule has 0 saturated carbocycles. The number of esters is 3. The van der Waals surface area contributed by atoms with Gasteiger partial charge in [0.2, 0.25) is 0 Å². The van der Waals surface area contributed by atoms with E-state index in [0.717, 1.165) is 5.57 Å². The van der Waals surface area contributed by atoms with E-state index in [1.165, 1.54) is 34.6 Å². The Balaban J connectivity index is 1.94. The largest absolute Gasteiger partial charge is 0.459 e. The number of carbonyl (C=O) groups excluding carboxylic acids is 3. The van der Waals surface area contributed by atoms with E-state index < -0.39 is 124 Å². The quantitative estimate of drug-likeness (QED) is 0.112. The average Bonchev–Trinajstić information content (AvgIpc) is 3.30. The van der Waals surface area contributed by atoms with Crippen molar-refractivity contribution in [1.29, 1.82) is 0 Å². The lowest BCUT2D eigenvalue weighted by Gasteiger charge is -2.47. The highest BCUT2D eigenvalue weighted by Crippen LogP contribution is 2.40. The molecule has 19 heteroatoms. The van der Waals surface area contributed by atoms with Crippen molar-refractivity contribution in [2.24, 2.45) is 17.8 Å². The van der Waals surface area contributed by atoms with Crippen LogP contribution in [0.15, 0.2) is 30.4 Å². The van der Waals surface area contributed by atoms with Crippen LogP contribution in [0.2, 0.25) is 0 Å². The number of halogens is 3. The fourth-order valence-electron chi connectivity index (χ4n) is 9.36. The Morgan fingerprint density at radius 1 is 1.10 bits per heavy atom. The average molecular weight is 888 g/mol. The summed E-state index contributed by atoms with van der Waals surface area (Å²) in [6, 6.07) is 0.440. The van der Waals surface area contributed by atoms with Crippen molar-refractivity contribution >= 4 is 23.6 Å². The third kappa shape index (κ3) is 11.7. The smallest absolute Gasteiger partial charge is 0.416 e. The summed E-state index contributed by atoms with van der Waals surface area (Å²) in [5, 5.41) is 37.0. The third-order valence-corrected chi connectivity index (χ3v) is 12.4. The Morgan fingerprint density at radius 2 is 1.74 bits per heavy atom. The maximum Gasteiger partial charge on any atom is 0.416 e. The highest BCUT2D eigenvalue weighted by Gasteiger charge is 2.53. The molecule has 350 valence electrons. The number of rotatable bonds is 8. The van der Waals surface area contributed by atoms with E-state index >= 15 is 0 Å². The normalized spacial score (nSPS) is 37.9. The van der Waals surface area contributed by atoms with Gasteiger partial charge in [-0.2, -0.15) is 13.2 Å². The van der Waals surface area contributed by atoms with E-state index in [0.29, 0.717) is 31.6 Å². The van der Waals surface area contributed by atoms with Gasteiger partial charge in [-0.25, -0.2) is 4.79 Å². The van der Waals surface area contributed by atoms with Crippen LogP contribution in [0.25, 0.3) is 0 Å². The second-order valence-corrected chi connectivity index (χ2v) is 18.1. The van der Waals surface area contributed by atoms with Gasteiger partial charge in [0, 0.05) is 38.0 Å². The van der Waals surface area contributed by atoms with Crippen LogP contribution < -0.4 is 0 Å². The van der Waals surface area contributed by atoms with Crippen molar-refractivity contribution in [2.45, 2.75) is 154 Å². The summed E-state index contributed by atoms with van der Waals surface area (Å²) in [5.41, 5.74) is -6.34.